The second kappa shape index (κ2) is 8.45. The summed E-state index contributed by atoms with van der Waals surface area (Å²) in [7, 11) is -0.866. The zero-order valence-corrected chi connectivity index (χ0v) is 18.2. The van der Waals surface area contributed by atoms with Gasteiger partial charge in [0.1, 0.15) is 5.75 Å². The van der Waals surface area contributed by atoms with Crippen molar-refractivity contribution >= 4 is 21.6 Å². The summed E-state index contributed by atoms with van der Waals surface area (Å²) in [5.41, 5.74) is 1.65. The summed E-state index contributed by atoms with van der Waals surface area (Å²) < 4.78 is 33.0. The van der Waals surface area contributed by atoms with Gasteiger partial charge in [0.05, 0.1) is 17.7 Å². The van der Waals surface area contributed by atoms with Crippen molar-refractivity contribution in [2.75, 3.05) is 31.6 Å². The van der Waals surface area contributed by atoms with Gasteiger partial charge in [0, 0.05) is 25.7 Å². The molecule has 0 spiro atoms. The highest BCUT2D eigenvalue weighted by molar-refractivity contribution is 7.92. The van der Waals surface area contributed by atoms with Crippen LogP contribution < -0.4 is 9.04 Å². The van der Waals surface area contributed by atoms with Gasteiger partial charge in [0.15, 0.2) is 0 Å². The molecule has 0 N–H and O–H groups in total. The van der Waals surface area contributed by atoms with Crippen LogP contribution in [0.25, 0.3) is 0 Å². The van der Waals surface area contributed by atoms with E-state index in [1.807, 2.05) is 11.8 Å². The van der Waals surface area contributed by atoms with Crippen molar-refractivity contribution in [2.24, 2.45) is 5.92 Å². The molecule has 0 atom stereocenters. The first-order chi connectivity index (χ1) is 13.8. The van der Waals surface area contributed by atoms with Crippen LogP contribution in [0.4, 0.5) is 5.69 Å². The molecule has 156 valence electrons. The van der Waals surface area contributed by atoms with Gasteiger partial charge in [-0.15, -0.1) is 0 Å². The largest absolute Gasteiger partial charge is 0.495 e. The molecule has 1 fully saturated rings. The van der Waals surface area contributed by atoms with Gasteiger partial charge < -0.3 is 9.64 Å². The van der Waals surface area contributed by atoms with E-state index in [1.165, 1.54) is 24.5 Å². The molecular weight excluding hydrogens is 388 g/mol. The fraction of sp³-hybridized carbons (Fsp3) is 0.409. The molecule has 2 aromatic rings. The minimum absolute atomic E-state index is 0.0882. The monoisotopic (exact) mass is 416 g/mol. The molecule has 1 heterocycles. The number of carbonyl (C=O) groups excluding carboxylic acids is 1. The summed E-state index contributed by atoms with van der Waals surface area (Å²) in [6, 6.07) is 11.7. The Morgan fingerprint density at radius 2 is 1.79 bits per heavy atom. The number of rotatable bonds is 5. The Morgan fingerprint density at radius 3 is 2.45 bits per heavy atom. The van der Waals surface area contributed by atoms with Gasteiger partial charge in [0.25, 0.3) is 15.9 Å². The smallest absolute Gasteiger partial charge is 0.264 e. The lowest BCUT2D eigenvalue weighted by Crippen LogP contribution is -2.38. The Balaban J connectivity index is 1.94. The van der Waals surface area contributed by atoms with Crippen LogP contribution in [-0.2, 0) is 10.0 Å². The third kappa shape index (κ3) is 4.24. The summed E-state index contributed by atoms with van der Waals surface area (Å²) >= 11 is 0. The zero-order valence-electron chi connectivity index (χ0n) is 17.4. The molecule has 0 aliphatic carbocycles. The quantitative estimate of drug-likeness (QED) is 0.745. The Bertz CT molecular complexity index is 996. The number of anilines is 1. The fourth-order valence-corrected chi connectivity index (χ4v) is 4.78. The van der Waals surface area contributed by atoms with Crippen molar-refractivity contribution in [3.63, 3.8) is 0 Å². The average molecular weight is 417 g/mol. The van der Waals surface area contributed by atoms with Gasteiger partial charge in [0.2, 0.25) is 0 Å². The molecule has 0 radical (unpaired) electrons. The Kier molecular flexibility index (Phi) is 6.17. The number of likely N-dealkylation sites (tertiary alicyclic amines) is 1. The second-order valence-electron chi connectivity index (χ2n) is 7.60. The number of para-hydroxylation sites is 2. The van der Waals surface area contributed by atoms with E-state index < -0.39 is 10.0 Å². The standard InChI is InChI=1S/C22H28N2O4S/c1-16-11-13-24(14-12-16)22(25)19-15-18(10-9-17(19)2)29(26,27)23(3)20-7-5-6-8-21(20)28-4/h5-10,15-16H,11-14H2,1-4H3. The topological polar surface area (TPSA) is 66.9 Å². The molecule has 1 amide bonds. The molecule has 0 unspecified atom stereocenters. The van der Waals surface area contributed by atoms with Gasteiger partial charge in [-0.25, -0.2) is 8.42 Å². The van der Waals surface area contributed by atoms with Gasteiger partial charge in [-0.1, -0.05) is 25.1 Å². The number of amides is 1. The number of hydrogen-bond acceptors (Lipinski definition) is 4. The number of piperidine rings is 1. The van der Waals surface area contributed by atoms with Crippen molar-refractivity contribution < 1.29 is 17.9 Å². The molecular formula is C22H28N2O4S. The first kappa shape index (κ1) is 21.2. The minimum Gasteiger partial charge on any atom is -0.495 e. The van der Waals surface area contributed by atoms with Crippen molar-refractivity contribution in [3.05, 3.63) is 53.6 Å². The molecule has 0 aromatic heterocycles. The highest BCUT2D eigenvalue weighted by Gasteiger charge is 2.27. The predicted octanol–water partition coefficient (Wildman–Crippen LogP) is 3.70. The van der Waals surface area contributed by atoms with E-state index in [2.05, 4.69) is 6.92 Å². The van der Waals surface area contributed by atoms with Crippen molar-refractivity contribution in [1.29, 1.82) is 0 Å². The molecule has 6 nitrogen and oxygen atoms in total. The SMILES string of the molecule is COc1ccccc1N(C)S(=O)(=O)c1ccc(C)c(C(=O)N2CCC(C)CC2)c1. The molecule has 1 saturated heterocycles. The lowest BCUT2D eigenvalue weighted by Gasteiger charge is -2.31. The first-order valence-corrected chi connectivity index (χ1v) is 11.2. The highest BCUT2D eigenvalue weighted by atomic mass is 32.2. The number of hydrogen-bond donors (Lipinski definition) is 0. The number of benzene rings is 2. The van der Waals surface area contributed by atoms with Gasteiger partial charge in [-0.2, -0.15) is 0 Å². The maximum absolute atomic E-state index is 13.3. The first-order valence-electron chi connectivity index (χ1n) is 9.77. The number of nitrogens with zero attached hydrogens (tertiary/aromatic N) is 2. The average Bonchev–Trinajstić information content (AvgIpc) is 2.73. The van der Waals surface area contributed by atoms with Crippen LogP contribution in [0.1, 0.15) is 35.7 Å². The molecule has 0 saturated carbocycles. The van der Waals surface area contributed by atoms with E-state index in [1.54, 1.807) is 36.4 Å². The molecule has 0 bridgehead atoms. The molecule has 3 rings (SSSR count). The fourth-order valence-electron chi connectivity index (χ4n) is 3.55. The van der Waals surface area contributed by atoms with Crippen molar-refractivity contribution in [2.45, 2.75) is 31.6 Å². The summed E-state index contributed by atoms with van der Waals surface area (Å²) in [5, 5.41) is 0. The third-order valence-electron chi connectivity index (χ3n) is 5.59. The van der Waals surface area contributed by atoms with Gasteiger partial charge in [-0.05, 0) is 55.5 Å². The molecule has 29 heavy (non-hydrogen) atoms. The third-order valence-corrected chi connectivity index (χ3v) is 7.36. The van der Waals surface area contributed by atoms with E-state index in [0.29, 0.717) is 36.0 Å². The van der Waals surface area contributed by atoms with E-state index in [-0.39, 0.29) is 10.8 Å². The Hall–Kier alpha value is -2.54. The summed E-state index contributed by atoms with van der Waals surface area (Å²) in [4.78, 5) is 15.0. The van der Waals surface area contributed by atoms with E-state index >= 15 is 0 Å². The van der Waals surface area contributed by atoms with Crippen molar-refractivity contribution in [1.82, 2.24) is 4.90 Å². The van der Waals surface area contributed by atoms with Gasteiger partial charge in [-0.3, -0.25) is 9.10 Å². The number of ether oxygens (including phenoxy) is 1. The normalized spacial score (nSPS) is 15.2. The molecule has 7 heteroatoms. The number of sulfonamides is 1. The molecule has 2 aromatic carbocycles. The van der Waals surface area contributed by atoms with Gasteiger partial charge >= 0.3 is 0 Å². The summed E-state index contributed by atoms with van der Waals surface area (Å²) in [5.74, 6) is 0.970. The van der Waals surface area contributed by atoms with E-state index in [4.69, 9.17) is 4.74 Å². The summed E-state index contributed by atoms with van der Waals surface area (Å²) in [6.07, 6.45) is 1.94. The van der Waals surface area contributed by atoms with Crippen LogP contribution in [0, 0.1) is 12.8 Å². The van der Waals surface area contributed by atoms with Crippen molar-refractivity contribution in [3.8, 4) is 5.75 Å². The number of aryl methyl sites for hydroxylation is 1. The lowest BCUT2D eigenvalue weighted by atomic mass is 9.98. The minimum atomic E-state index is -3.85. The maximum Gasteiger partial charge on any atom is 0.264 e. The van der Waals surface area contributed by atoms with Crippen LogP contribution >= 0.6 is 0 Å². The molecule has 1 aliphatic heterocycles. The second-order valence-corrected chi connectivity index (χ2v) is 9.57. The Morgan fingerprint density at radius 1 is 1.14 bits per heavy atom. The zero-order chi connectivity index (χ0) is 21.2. The van der Waals surface area contributed by atoms with Crippen LogP contribution in [0.3, 0.4) is 0 Å². The van der Waals surface area contributed by atoms with Crippen LogP contribution in [0.15, 0.2) is 47.4 Å². The summed E-state index contributed by atoms with van der Waals surface area (Å²) in [6.45, 7) is 5.43. The highest BCUT2D eigenvalue weighted by Crippen LogP contribution is 2.31. The van der Waals surface area contributed by atoms with E-state index in [0.717, 1.165) is 18.4 Å². The number of methoxy groups -OCH3 is 1. The molecule has 1 aliphatic rings. The van der Waals surface area contributed by atoms with Crippen LogP contribution in [-0.4, -0.2) is 46.5 Å². The maximum atomic E-state index is 13.3. The van der Waals surface area contributed by atoms with E-state index in [9.17, 15) is 13.2 Å². The number of carbonyl (C=O) groups is 1. The van der Waals surface area contributed by atoms with Crippen LogP contribution in [0.5, 0.6) is 5.75 Å². The lowest BCUT2D eigenvalue weighted by molar-refractivity contribution is 0.0696. The predicted molar refractivity (Wildman–Crippen MR) is 114 cm³/mol. The Labute approximate surface area is 173 Å². The van der Waals surface area contributed by atoms with Crippen LogP contribution in [0.2, 0.25) is 0 Å².